The van der Waals surface area contributed by atoms with Crippen LogP contribution < -0.4 is 5.32 Å². The van der Waals surface area contributed by atoms with Crippen LogP contribution in [0.15, 0.2) is 36.4 Å². The third-order valence-electron chi connectivity index (χ3n) is 2.82. The molecule has 0 spiro atoms. The van der Waals surface area contributed by atoms with E-state index in [9.17, 15) is 9.59 Å². The third kappa shape index (κ3) is 3.74. The zero-order valence-corrected chi connectivity index (χ0v) is 12.5. The summed E-state index contributed by atoms with van der Waals surface area (Å²) in [5.41, 5.74) is 1.53. The Morgan fingerprint density at radius 1 is 1.05 bits per heavy atom. The molecule has 0 radical (unpaired) electrons. The van der Waals surface area contributed by atoms with E-state index in [2.05, 4.69) is 5.32 Å². The van der Waals surface area contributed by atoms with Gasteiger partial charge in [0.1, 0.15) is 0 Å². The van der Waals surface area contributed by atoms with Crippen LogP contribution in [0.4, 0.5) is 5.69 Å². The first kappa shape index (κ1) is 15.4. The van der Waals surface area contributed by atoms with Crippen LogP contribution in [-0.2, 0) is 0 Å². The summed E-state index contributed by atoms with van der Waals surface area (Å²) in [6, 6.07) is 9.01. The number of rotatable bonds is 3. The highest BCUT2D eigenvalue weighted by Crippen LogP contribution is 2.21. The van der Waals surface area contributed by atoms with Gasteiger partial charge >= 0.3 is 5.97 Å². The van der Waals surface area contributed by atoms with E-state index in [1.807, 2.05) is 0 Å². The third-order valence-corrected chi connectivity index (χ3v) is 3.47. The lowest BCUT2D eigenvalue weighted by Crippen LogP contribution is -2.12. The van der Waals surface area contributed by atoms with Gasteiger partial charge in [-0.1, -0.05) is 23.2 Å². The first-order valence-electron chi connectivity index (χ1n) is 5.98. The molecule has 2 aromatic rings. The molecule has 0 unspecified atom stereocenters. The number of carboxylic acid groups (broad SMARTS) is 1. The maximum absolute atomic E-state index is 12.1. The van der Waals surface area contributed by atoms with Gasteiger partial charge in [0, 0.05) is 21.3 Å². The average Bonchev–Trinajstić information content (AvgIpc) is 2.41. The minimum Gasteiger partial charge on any atom is -0.478 e. The summed E-state index contributed by atoms with van der Waals surface area (Å²) < 4.78 is 0. The molecule has 2 N–H and O–H groups in total. The molecule has 1 amide bonds. The molecule has 0 heterocycles. The number of carboxylic acids is 1. The lowest BCUT2D eigenvalue weighted by Gasteiger charge is -2.08. The molecule has 0 bridgehead atoms. The monoisotopic (exact) mass is 323 g/mol. The normalized spacial score (nSPS) is 10.2. The topological polar surface area (TPSA) is 66.4 Å². The SMILES string of the molecule is Cc1cc(C(=O)Nc2cc(Cl)cc(C(=O)O)c2)ccc1Cl. The van der Waals surface area contributed by atoms with E-state index in [0.717, 1.165) is 5.56 Å². The van der Waals surface area contributed by atoms with Crippen LogP contribution in [0.2, 0.25) is 10.0 Å². The molecule has 108 valence electrons. The second kappa shape index (κ2) is 6.16. The van der Waals surface area contributed by atoms with Crippen LogP contribution in [0.5, 0.6) is 0 Å². The van der Waals surface area contributed by atoms with Gasteiger partial charge in [-0.25, -0.2) is 4.79 Å². The molecule has 0 saturated heterocycles. The second-order valence-corrected chi connectivity index (χ2v) is 5.30. The van der Waals surface area contributed by atoms with Gasteiger partial charge in [-0.15, -0.1) is 0 Å². The summed E-state index contributed by atoms with van der Waals surface area (Å²) in [4.78, 5) is 23.1. The summed E-state index contributed by atoms with van der Waals surface area (Å²) in [5.74, 6) is -1.48. The summed E-state index contributed by atoms with van der Waals surface area (Å²) >= 11 is 11.7. The Balaban J connectivity index is 2.27. The fourth-order valence-electron chi connectivity index (χ4n) is 1.77. The Hall–Kier alpha value is -2.04. The lowest BCUT2D eigenvalue weighted by molar-refractivity contribution is 0.0696. The van der Waals surface area contributed by atoms with Crippen molar-refractivity contribution in [1.82, 2.24) is 0 Å². The van der Waals surface area contributed by atoms with Crippen molar-refractivity contribution >= 4 is 40.8 Å². The second-order valence-electron chi connectivity index (χ2n) is 4.45. The Kier molecular flexibility index (Phi) is 4.50. The summed E-state index contributed by atoms with van der Waals surface area (Å²) in [6.45, 7) is 1.79. The first-order valence-corrected chi connectivity index (χ1v) is 6.74. The number of aromatic carboxylic acids is 1. The zero-order chi connectivity index (χ0) is 15.6. The minimum atomic E-state index is -1.12. The molecular weight excluding hydrogens is 313 g/mol. The van der Waals surface area contributed by atoms with E-state index in [1.54, 1.807) is 25.1 Å². The van der Waals surface area contributed by atoms with Crippen molar-refractivity contribution in [1.29, 1.82) is 0 Å². The van der Waals surface area contributed by atoms with Crippen molar-refractivity contribution in [3.05, 3.63) is 63.1 Å². The molecule has 2 aromatic carbocycles. The molecule has 0 aliphatic heterocycles. The number of carbonyl (C=O) groups excluding carboxylic acids is 1. The van der Waals surface area contributed by atoms with Gasteiger partial charge < -0.3 is 10.4 Å². The fourth-order valence-corrected chi connectivity index (χ4v) is 2.13. The molecule has 6 heteroatoms. The summed E-state index contributed by atoms with van der Waals surface area (Å²) in [6.07, 6.45) is 0. The Bertz CT molecular complexity index is 729. The van der Waals surface area contributed by atoms with Crippen LogP contribution in [0, 0.1) is 6.92 Å². The van der Waals surface area contributed by atoms with Gasteiger partial charge in [0.15, 0.2) is 0 Å². The van der Waals surface area contributed by atoms with Gasteiger partial charge in [-0.05, 0) is 48.9 Å². The van der Waals surface area contributed by atoms with Gasteiger partial charge in [-0.3, -0.25) is 4.79 Å². The average molecular weight is 324 g/mol. The molecule has 0 saturated carbocycles. The number of anilines is 1. The smallest absolute Gasteiger partial charge is 0.335 e. The number of hydrogen-bond donors (Lipinski definition) is 2. The van der Waals surface area contributed by atoms with Crippen molar-refractivity contribution < 1.29 is 14.7 Å². The van der Waals surface area contributed by atoms with Crippen molar-refractivity contribution in [2.75, 3.05) is 5.32 Å². The maximum atomic E-state index is 12.1. The number of carbonyl (C=O) groups is 2. The minimum absolute atomic E-state index is 0.00471. The fraction of sp³-hybridized carbons (Fsp3) is 0.0667. The number of hydrogen-bond acceptors (Lipinski definition) is 2. The zero-order valence-electron chi connectivity index (χ0n) is 11.0. The lowest BCUT2D eigenvalue weighted by atomic mass is 10.1. The van der Waals surface area contributed by atoms with Crippen LogP contribution in [0.1, 0.15) is 26.3 Å². The van der Waals surface area contributed by atoms with Crippen molar-refractivity contribution in [2.24, 2.45) is 0 Å². The molecular formula is C15H11Cl2NO3. The highest BCUT2D eigenvalue weighted by molar-refractivity contribution is 6.31. The molecule has 21 heavy (non-hydrogen) atoms. The van der Waals surface area contributed by atoms with E-state index in [1.165, 1.54) is 18.2 Å². The van der Waals surface area contributed by atoms with E-state index < -0.39 is 5.97 Å². The largest absolute Gasteiger partial charge is 0.478 e. The predicted molar refractivity (Wildman–Crippen MR) is 82.6 cm³/mol. The highest BCUT2D eigenvalue weighted by atomic mass is 35.5. The Morgan fingerprint density at radius 3 is 2.38 bits per heavy atom. The number of halogens is 2. The van der Waals surface area contributed by atoms with Crippen LogP contribution in [-0.4, -0.2) is 17.0 Å². The predicted octanol–water partition coefficient (Wildman–Crippen LogP) is 4.25. The number of nitrogens with one attached hydrogen (secondary N) is 1. The van der Waals surface area contributed by atoms with E-state index in [-0.39, 0.29) is 16.5 Å². The van der Waals surface area contributed by atoms with Gasteiger partial charge in [0.05, 0.1) is 5.56 Å². The van der Waals surface area contributed by atoms with Gasteiger partial charge in [-0.2, -0.15) is 0 Å². The van der Waals surface area contributed by atoms with Crippen LogP contribution in [0.3, 0.4) is 0 Å². The quantitative estimate of drug-likeness (QED) is 0.887. The summed E-state index contributed by atoms with van der Waals surface area (Å²) in [7, 11) is 0. The molecule has 0 atom stereocenters. The number of aryl methyl sites for hydroxylation is 1. The van der Waals surface area contributed by atoms with Crippen LogP contribution in [0.25, 0.3) is 0 Å². The van der Waals surface area contributed by atoms with Crippen molar-refractivity contribution in [3.63, 3.8) is 0 Å². The van der Waals surface area contributed by atoms with Crippen molar-refractivity contribution in [3.8, 4) is 0 Å². The molecule has 4 nitrogen and oxygen atoms in total. The standard InChI is InChI=1S/C15H11Cl2NO3/c1-8-4-9(2-3-13(8)17)14(19)18-12-6-10(15(20)21)5-11(16)7-12/h2-7H,1H3,(H,18,19)(H,20,21). The number of amides is 1. The van der Waals surface area contributed by atoms with Crippen molar-refractivity contribution in [2.45, 2.75) is 6.92 Å². The van der Waals surface area contributed by atoms with E-state index in [4.69, 9.17) is 28.3 Å². The van der Waals surface area contributed by atoms with E-state index in [0.29, 0.717) is 16.3 Å². The summed E-state index contributed by atoms with van der Waals surface area (Å²) in [5, 5.41) is 12.4. The molecule has 0 aliphatic carbocycles. The van der Waals surface area contributed by atoms with Gasteiger partial charge in [0.2, 0.25) is 0 Å². The Morgan fingerprint density at radius 2 is 1.76 bits per heavy atom. The van der Waals surface area contributed by atoms with E-state index >= 15 is 0 Å². The Labute approximate surface area is 131 Å². The van der Waals surface area contributed by atoms with Gasteiger partial charge in [0.25, 0.3) is 5.91 Å². The van der Waals surface area contributed by atoms with Crippen LogP contribution >= 0.6 is 23.2 Å². The molecule has 0 aromatic heterocycles. The molecule has 0 aliphatic rings. The molecule has 2 rings (SSSR count). The number of benzene rings is 2. The molecule has 0 fully saturated rings. The highest BCUT2D eigenvalue weighted by Gasteiger charge is 2.11. The maximum Gasteiger partial charge on any atom is 0.335 e. The first-order chi connectivity index (χ1) is 9.86.